The first-order chi connectivity index (χ1) is 22.2. The van der Waals surface area contributed by atoms with Crippen LogP contribution in [0.25, 0.3) is 17.3 Å². The monoisotopic (exact) mass is 649 g/mol. The van der Waals surface area contributed by atoms with E-state index in [0.29, 0.717) is 27.6 Å². The van der Waals surface area contributed by atoms with Gasteiger partial charge < -0.3 is 16.0 Å². The Morgan fingerprint density at radius 1 is 0.913 bits per heavy atom. The number of thioether (sulfide) groups is 1. The summed E-state index contributed by atoms with van der Waals surface area (Å²) in [6, 6.07) is 29.4. The average molecular weight is 650 g/mol. The van der Waals surface area contributed by atoms with Crippen molar-refractivity contribution in [2.45, 2.75) is 11.8 Å². The van der Waals surface area contributed by atoms with Crippen LogP contribution in [0.1, 0.15) is 21.5 Å². The molecule has 0 bridgehead atoms. The van der Waals surface area contributed by atoms with Crippen LogP contribution in [-0.2, 0) is 9.59 Å². The summed E-state index contributed by atoms with van der Waals surface area (Å²) in [5, 5.41) is 21.5. The summed E-state index contributed by atoms with van der Waals surface area (Å²) >= 11 is 2.49. The number of rotatable bonds is 11. The van der Waals surface area contributed by atoms with Gasteiger partial charge in [-0.25, -0.2) is 4.98 Å². The van der Waals surface area contributed by atoms with Crippen LogP contribution >= 0.6 is 23.1 Å². The third-order valence-corrected chi connectivity index (χ3v) is 8.23. The van der Waals surface area contributed by atoms with Crippen molar-refractivity contribution in [1.29, 1.82) is 0 Å². The summed E-state index contributed by atoms with van der Waals surface area (Å²) in [5.41, 5.74) is 3.85. The first-order valence-electron chi connectivity index (χ1n) is 13.9. The van der Waals surface area contributed by atoms with Crippen molar-refractivity contribution in [3.05, 3.63) is 141 Å². The Kier molecular flexibility index (Phi) is 10.3. The fraction of sp³-hybridized carbons (Fsp3) is 0.0588. The van der Waals surface area contributed by atoms with E-state index in [4.69, 9.17) is 0 Å². The summed E-state index contributed by atoms with van der Waals surface area (Å²) in [5.74, 6) is -1.13. The van der Waals surface area contributed by atoms with Crippen LogP contribution in [0.3, 0.4) is 0 Å². The Hall–Kier alpha value is -5.59. The van der Waals surface area contributed by atoms with Gasteiger partial charge in [0.1, 0.15) is 5.70 Å². The minimum atomic E-state index is -0.506. The zero-order chi connectivity index (χ0) is 32.5. The van der Waals surface area contributed by atoms with Gasteiger partial charge in [0.25, 0.3) is 17.5 Å². The number of nitro benzene ring substituents is 1. The number of anilines is 2. The van der Waals surface area contributed by atoms with Crippen LogP contribution in [0.2, 0.25) is 0 Å². The lowest BCUT2D eigenvalue weighted by atomic mass is 10.1. The van der Waals surface area contributed by atoms with E-state index in [9.17, 15) is 24.5 Å². The molecule has 0 radical (unpaired) electrons. The molecule has 12 heteroatoms. The molecule has 0 aliphatic heterocycles. The molecule has 0 saturated heterocycles. The van der Waals surface area contributed by atoms with Crippen molar-refractivity contribution in [2.24, 2.45) is 0 Å². The molecule has 0 aliphatic rings. The van der Waals surface area contributed by atoms with Gasteiger partial charge in [-0.1, -0.05) is 66.2 Å². The molecule has 1 heterocycles. The largest absolute Gasteiger partial charge is 0.321 e. The molecule has 4 aromatic carbocycles. The first-order valence-corrected chi connectivity index (χ1v) is 15.8. The Morgan fingerprint density at radius 3 is 2.43 bits per heavy atom. The maximum absolute atomic E-state index is 13.4. The molecule has 3 amide bonds. The van der Waals surface area contributed by atoms with Crippen LogP contribution in [-0.4, -0.2) is 33.4 Å². The van der Waals surface area contributed by atoms with E-state index in [-0.39, 0.29) is 23.0 Å². The summed E-state index contributed by atoms with van der Waals surface area (Å²) in [6.07, 6.45) is 1.61. The number of non-ortho nitro benzene ring substituents is 1. The van der Waals surface area contributed by atoms with E-state index < -0.39 is 16.7 Å². The Labute approximate surface area is 272 Å². The molecule has 0 unspecified atom stereocenters. The van der Waals surface area contributed by atoms with Crippen LogP contribution in [0.15, 0.2) is 119 Å². The highest BCUT2D eigenvalue weighted by Crippen LogP contribution is 2.28. The highest BCUT2D eigenvalue weighted by atomic mass is 32.2. The van der Waals surface area contributed by atoms with Gasteiger partial charge in [0.2, 0.25) is 5.91 Å². The highest BCUT2D eigenvalue weighted by Gasteiger charge is 2.16. The van der Waals surface area contributed by atoms with Crippen molar-refractivity contribution >= 4 is 63.4 Å². The standard InChI is InChI=1S/C34H27N5O5S2/c1-22-13-15-23(16-14-22)17-29(36-32(41)24-7-3-2-4-8-24)33(42)35-26-10-6-12-28(19-26)45-21-31(40)38-34-37-30(20-46-34)25-9-5-11-27(18-25)39(43)44/h2-20H,21H2,1H3,(H,35,42)(H,36,41)(H,37,38,40)/b29-17-. The van der Waals surface area contributed by atoms with Crippen molar-refractivity contribution < 1.29 is 19.3 Å². The predicted molar refractivity (Wildman–Crippen MR) is 182 cm³/mol. The van der Waals surface area contributed by atoms with E-state index in [1.54, 1.807) is 72.1 Å². The molecule has 46 heavy (non-hydrogen) atoms. The Morgan fingerprint density at radius 2 is 1.67 bits per heavy atom. The summed E-state index contributed by atoms with van der Waals surface area (Å²) in [6.45, 7) is 1.96. The van der Waals surface area contributed by atoms with Gasteiger partial charge in [0.15, 0.2) is 5.13 Å². The SMILES string of the molecule is Cc1ccc(/C=C(\NC(=O)c2ccccc2)C(=O)Nc2cccc(SCC(=O)Nc3nc(-c4cccc([N+](=O)[O-])c4)cs3)c2)cc1. The van der Waals surface area contributed by atoms with Gasteiger partial charge in [0.05, 0.1) is 16.4 Å². The molecule has 230 valence electrons. The van der Waals surface area contributed by atoms with E-state index >= 15 is 0 Å². The minimum absolute atomic E-state index is 0.0404. The molecule has 3 N–H and O–H groups in total. The second-order valence-electron chi connectivity index (χ2n) is 9.95. The number of carbonyl (C=O) groups excluding carboxylic acids is 3. The fourth-order valence-electron chi connectivity index (χ4n) is 4.18. The fourth-order valence-corrected chi connectivity index (χ4v) is 5.67. The summed E-state index contributed by atoms with van der Waals surface area (Å²) < 4.78 is 0. The number of benzene rings is 4. The number of thiazole rings is 1. The zero-order valence-corrected chi connectivity index (χ0v) is 26.1. The maximum atomic E-state index is 13.4. The lowest BCUT2D eigenvalue weighted by molar-refractivity contribution is -0.384. The predicted octanol–water partition coefficient (Wildman–Crippen LogP) is 7.17. The van der Waals surface area contributed by atoms with Crippen molar-refractivity contribution in [3.8, 4) is 11.3 Å². The molecule has 5 aromatic rings. The van der Waals surface area contributed by atoms with Gasteiger partial charge in [-0.05, 0) is 48.9 Å². The molecular weight excluding hydrogens is 623 g/mol. The third kappa shape index (κ3) is 8.74. The lowest BCUT2D eigenvalue weighted by Crippen LogP contribution is -2.30. The van der Waals surface area contributed by atoms with Gasteiger partial charge in [0, 0.05) is 39.2 Å². The second kappa shape index (κ2) is 14.9. The Balaban J connectivity index is 1.22. The average Bonchev–Trinajstić information content (AvgIpc) is 3.53. The topological polar surface area (TPSA) is 143 Å². The lowest BCUT2D eigenvalue weighted by Gasteiger charge is -2.12. The van der Waals surface area contributed by atoms with Crippen LogP contribution in [0.5, 0.6) is 0 Å². The smallest absolute Gasteiger partial charge is 0.272 e. The number of hydrogen-bond acceptors (Lipinski definition) is 8. The van der Waals surface area contributed by atoms with Crippen molar-refractivity contribution in [2.75, 3.05) is 16.4 Å². The number of nitrogens with zero attached hydrogens (tertiary/aromatic N) is 2. The molecule has 0 saturated carbocycles. The van der Waals surface area contributed by atoms with E-state index in [1.807, 2.05) is 37.3 Å². The third-order valence-electron chi connectivity index (χ3n) is 6.48. The number of aromatic nitrogens is 1. The molecule has 0 atom stereocenters. The van der Waals surface area contributed by atoms with Gasteiger partial charge in [-0.3, -0.25) is 24.5 Å². The van der Waals surface area contributed by atoms with Gasteiger partial charge in [-0.15, -0.1) is 23.1 Å². The zero-order valence-electron chi connectivity index (χ0n) is 24.4. The number of nitro groups is 1. The number of hydrogen-bond donors (Lipinski definition) is 3. The van der Waals surface area contributed by atoms with E-state index in [1.165, 1.54) is 35.2 Å². The second-order valence-corrected chi connectivity index (χ2v) is 11.9. The number of carbonyl (C=O) groups is 3. The summed E-state index contributed by atoms with van der Waals surface area (Å²) in [7, 11) is 0. The van der Waals surface area contributed by atoms with E-state index in [2.05, 4.69) is 20.9 Å². The van der Waals surface area contributed by atoms with E-state index in [0.717, 1.165) is 16.0 Å². The number of nitrogens with one attached hydrogen (secondary N) is 3. The maximum Gasteiger partial charge on any atom is 0.272 e. The highest BCUT2D eigenvalue weighted by molar-refractivity contribution is 8.00. The number of amides is 3. The summed E-state index contributed by atoms with van der Waals surface area (Å²) in [4.78, 5) is 54.7. The van der Waals surface area contributed by atoms with Crippen molar-refractivity contribution in [3.63, 3.8) is 0 Å². The molecule has 1 aromatic heterocycles. The van der Waals surface area contributed by atoms with Crippen LogP contribution < -0.4 is 16.0 Å². The van der Waals surface area contributed by atoms with Crippen LogP contribution in [0, 0.1) is 17.0 Å². The van der Waals surface area contributed by atoms with Gasteiger partial charge >= 0.3 is 0 Å². The first kappa shape index (κ1) is 31.8. The minimum Gasteiger partial charge on any atom is -0.321 e. The van der Waals surface area contributed by atoms with Crippen LogP contribution in [0.4, 0.5) is 16.5 Å². The number of aryl methyl sites for hydroxylation is 1. The molecule has 5 rings (SSSR count). The quantitative estimate of drug-likeness (QED) is 0.0596. The molecule has 0 aliphatic carbocycles. The van der Waals surface area contributed by atoms with Crippen molar-refractivity contribution in [1.82, 2.24) is 10.3 Å². The molecule has 0 fully saturated rings. The molecule has 0 spiro atoms. The molecular formula is C34H27N5O5S2. The Bertz CT molecular complexity index is 1920. The molecule has 10 nitrogen and oxygen atoms in total. The normalized spacial score (nSPS) is 11.0. The van der Waals surface area contributed by atoms with Gasteiger partial charge in [-0.2, -0.15) is 0 Å².